The second kappa shape index (κ2) is 7.11. The van der Waals surface area contributed by atoms with Crippen molar-refractivity contribution in [2.45, 2.75) is 18.6 Å². The molecule has 0 unspecified atom stereocenters. The molecule has 1 aliphatic heterocycles. The first-order valence-electron chi connectivity index (χ1n) is 8.57. The number of hydrogen-bond acceptors (Lipinski definition) is 4. The van der Waals surface area contributed by atoms with Crippen molar-refractivity contribution in [3.63, 3.8) is 0 Å². The fourth-order valence-electron chi connectivity index (χ4n) is 3.04. The fraction of sp³-hybridized carbons (Fsp3) is 0.350. The third-order valence-electron chi connectivity index (χ3n) is 4.72. The topological polar surface area (TPSA) is 63.7 Å². The number of sulfone groups is 1. The molecule has 2 aromatic rings. The Morgan fingerprint density at radius 3 is 2.42 bits per heavy atom. The molecule has 1 aliphatic rings. The number of para-hydroxylation sites is 1. The van der Waals surface area contributed by atoms with Gasteiger partial charge >= 0.3 is 0 Å². The van der Waals surface area contributed by atoms with E-state index in [1.54, 1.807) is 18.7 Å². The average molecular weight is 373 g/mol. The van der Waals surface area contributed by atoms with E-state index in [2.05, 4.69) is 0 Å². The Morgan fingerprint density at radius 2 is 1.73 bits per heavy atom. The highest BCUT2D eigenvalue weighted by atomic mass is 32.2. The lowest BCUT2D eigenvalue weighted by Crippen LogP contribution is -2.55. The van der Waals surface area contributed by atoms with Crippen molar-refractivity contribution in [2.75, 3.05) is 25.4 Å². The summed E-state index contributed by atoms with van der Waals surface area (Å²) >= 11 is 0. The van der Waals surface area contributed by atoms with Crippen LogP contribution in [0, 0.1) is 0 Å². The van der Waals surface area contributed by atoms with Crippen LogP contribution >= 0.6 is 0 Å². The predicted molar refractivity (Wildman–Crippen MR) is 102 cm³/mol. The normalized spacial score (nSPS) is 18.3. The molecule has 26 heavy (non-hydrogen) atoms. The van der Waals surface area contributed by atoms with Gasteiger partial charge in [0.05, 0.1) is 10.5 Å². The molecular weight excluding hydrogens is 350 g/mol. The first-order valence-corrected chi connectivity index (χ1v) is 10.2. The van der Waals surface area contributed by atoms with Gasteiger partial charge in [0, 0.05) is 18.7 Å². The van der Waals surface area contributed by atoms with Gasteiger partial charge in [-0.05, 0) is 25.5 Å². The molecule has 1 amide bonds. The van der Waals surface area contributed by atoms with Crippen molar-refractivity contribution in [2.24, 2.45) is 0 Å². The number of benzene rings is 2. The molecule has 0 aromatic heterocycles. The lowest BCUT2D eigenvalue weighted by molar-refractivity contribution is -0.133. The molecule has 2 aromatic carbocycles. The van der Waals surface area contributed by atoms with Crippen molar-refractivity contribution in [3.8, 4) is 16.9 Å². The van der Waals surface area contributed by atoms with Crippen molar-refractivity contribution < 1.29 is 17.9 Å². The summed E-state index contributed by atoms with van der Waals surface area (Å²) in [6.45, 7) is 3.62. The largest absolute Gasteiger partial charge is 0.483 e. The summed E-state index contributed by atoms with van der Waals surface area (Å²) in [6, 6.07) is 17.4. The number of rotatable bonds is 4. The maximum absolute atomic E-state index is 12.5. The molecule has 0 spiro atoms. The maximum atomic E-state index is 12.5. The Morgan fingerprint density at radius 1 is 1.08 bits per heavy atom. The first kappa shape index (κ1) is 18.5. The van der Waals surface area contributed by atoms with Crippen LogP contribution in [0.3, 0.4) is 0 Å². The Kier molecular flexibility index (Phi) is 5.05. The molecule has 0 bridgehead atoms. The molecule has 0 saturated carbocycles. The van der Waals surface area contributed by atoms with Crippen LogP contribution in [-0.2, 0) is 14.6 Å². The summed E-state index contributed by atoms with van der Waals surface area (Å²) in [5, 5.41) is 0. The van der Waals surface area contributed by atoms with Gasteiger partial charge < -0.3 is 9.64 Å². The summed E-state index contributed by atoms with van der Waals surface area (Å²) in [6.07, 6.45) is 0. The smallest absolute Gasteiger partial charge is 0.260 e. The molecule has 138 valence electrons. The van der Waals surface area contributed by atoms with Gasteiger partial charge in [0.25, 0.3) is 5.91 Å². The highest BCUT2D eigenvalue weighted by molar-refractivity contribution is 7.92. The molecule has 0 atom stereocenters. The number of ether oxygens (including phenoxy) is 1. The second-order valence-corrected chi connectivity index (χ2v) is 9.79. The van der Waals surface area contributed by atoms with Gasteiger partial charge in [-0.15, -0.1) is 0 Å². The summed E-state index contributed by atoms with van der Waals surface area (Å²) in [7, 11) is -3.17. The monoisotopic (exact) mass is 373 g/mol. The molecule has 6 heteroatoms. The van der Waals surface area contributed by atoms with E-state index >= 15 is 0 Å². The van der Waals surface area contributed by atoms with Crippen LogP contribution in [0.2, 0.25) is 0 Å². The number of carbonyl (C=O) groups excluding carboxylic acids is 1. The molecule has 5 nitrogen and oxygen atoms in total. The molecule has 0 N–H and O–H groups in total. The minimum atomic E-state index is -3.17. The quantitative estimate of drug-likeness (QED) is 0.827. The van der Waals surface area contributed by atoms with Crippen LogP contribution in [0.1, 0.15) is 13.8 Å². The van der Waals surface area contributed by atoms with E-state index in [9.17, 15) is 13.2 Å². The number of nitrogens with zero attached hydrogens (tertiary/aromatic N) is 1. The minimum Gasteiger partial charge on any atom is -0.483 e. The van der Waals surface area contributed by atoms with Crippen LogP contribution in [0.25, 0.3) is 11.1 Å². The molecular formula is C20H23NO4S. The van der Waals surface area contributed by atoms with Crippen molar-refractivity contribution in [3.05, 3.63) is 54.6 Å². The zero-order valence-corrected chi connectivity index (χ0v) is 15.8. The standard InChI is InChI=1S/C20H23NO4S/c1-20(2)15-21(12-13-26(20,23)24)19(22)14-25-18-11-7-6-10-17(18)16-8-4-3-5-9-16/h3-11H,12-15H2,1-2H3. The summed E-state index contributed by atoms with van der Waals surface area (Å²) < 4.78 is 29.0. The molecule has 3 rings (SSSR count). The first-order chi connectivity index (χ1) is 12.3. The van der Waals surface area contributed by atoms with E-state index in [1.807, 2.05) is 54.6 Å². The lowest BCUT2D eigenvalue weighted by Gasteiger charge is -2.37. The van der Waals surface area contributed by atoms with Gasteiger partial charge in [-0.2, -0.15) is 0 Å². The lowest BCUT2D eigenvalue weighted by atomic mass is 10.1. The van der Waals surface area contributed by atoms with Gasteiger partial charge in [0.1, 0.15) is 5.75 Å². The highest BCUT2D eigenvalue weighted by Crippen LogP contribution is 2.30. The molecule has 1 heterocycles. The number of hydrogen-bond donors (Lipinski definition) is 0. The Bertz CT molecular complexity index is 891. The fourth-order valence-corrected chi connectivity index (χ4v) is 4.40. The molecule has 0 radical (unpaired) electrons. The highest BCUT2D eigenvalue weighted by Gasteiger charge is 2.41. The third kappa shape index (κ3) is 3.75. The van der Waals surface area contributed by atoms with Gasteiger partial charge in [0.2, 0.25) is 0 Å². The van der Waals surface area contributed by atoms with Gasteiger partial charge in [-0.25, -0.2) is 8.42 Å². The van der Waals surface area contributed by atoms with Crippen molar-refractivity contribution in [1.82, 2.24) is 4.90 Å². The van der Waals surface area contributed by atoms with E-state index in [1.165, 1.54) is 0 Å². The summed E-state index contributed by atoms with van der Waals surface area (Å²) in [5.74, 6) is 0.429. The van der Waals surface area contributed by atoms with Crippen LogP contribution in [-0.4, -0.2) is 49.4 Å². The zero-order valence-electron chi connectivity index (χ0n) is 15.0. The maximum Gasteiger partial charge on any atom is 0.260 e. The van der Waals surface area contributed by atoms with E-state index in [0.717, 1.165) is 11.1 Å². The van der Waals surface area contributed by atoms with E-state index in [0.29, 0.717) is 5.75 Å². The van der Waals surface area contributed by atoms with Gasteiger partial charge in [-0.3, -0.25) is 4.79 Å². The van der Waals surface area contributed by atoms with Crippen LogP contribution in [0.4, 0.5) is 0 Å². The van der Waals surface area contributed by atoms with E-state index in [4.69, 9.17) is 4.74 Å². The van der Waals surface area contributed by atoms with Crippen LogP contribution < -0.4 is 4.74 Å². The number of carbonyl (C=O) groups is 1. The minimum absolute atomic E-state index is 0.00760. The Labute approximate surface area is 154 Å². The summed E-state index contributed by atoms with van der Waals surface area (Å²) in [4.78, 5) is 14.1. The molecule has 0 aliphatic carbocycles. The van der Waals surface area contributed by atoms with Crippen molar-refractivity contribution in [1.29, 1.82) is 0 Å². The average Bonchev–Trinajstić information content (AvgIpc) is 2.63. The SMILES string of the molecule is CC1(C)CN(C(=O)COc2ccccc2-c2ccccc2)CCS1(=O)=O. The molecule has 1 saturated heterocycles. The van der Waals surface area contributed by atoms with E-state index in [-0.39, 0.29) is 31.4 Å². The number of amides is 1. The van der Waals surface area contributed by atoms with Crippen LogP contribution in [0.5, 0.6) is 5.75 Å². The third-order valence-corrected chi connectivity index (χ3v) is 7.25. The Balaban J connectivity index is 1.70. The predicted octanol–water partition coefficient (Wildman–Crippen LogP) is 2.77. The Hall–Kier alpha value is -2.34. The molecule has 1 fully saturated rings. The summed E-state index contributed by atoms with van der Waals surface area (Å²) in [5.41, 5.74) is 1.93. The van der Waals surface area contributed by atoms with E-state index < -0.39 is 14.6 Å². The van der Waals surface area contributed by atoms with Gasteiger partial charge in [-0.1, -0.05) is 48.5 Å². The van der Waals surface area contributed by atoms with Crippen molar-refractivity contribution >= 4 is 15.7 Å². The van der Waals surface area contributed by atoms with Crippen LogP contribution in [0.15, 0.2) is 54.6 Å². The van der Waals surface area contributed by atoms with Gasteiger partial charge in [0.15, 0.2) is 16.4 Å². The zero-order chi connectivity index (χ0) is 18.8. The second-order valence-electron chi connectivity index (χ2n) is 7.04.